The number of carbonyl (C=O) groups excluding carboxylic acids is 2. The number of H-pyrrole nitrogens is 2. The van der Waals surface area contributed by atoms with E-state index < -0.39 is 0 Å². The number of fused-ring (bicyclic) bond motifs is 1. The number of aromatic nitrogens is 3. The first kappa shape index (κ1) is 18.4. The standard InChI is InChI=1S/C19H21ClN6O2/c20-13-3-4-16-12(8-13)9-15(24-16)10-23-19(28)25-14-2-1-7-26(11-14)18(27)17-21-5-6-22-17/h3-6,8-9,14,24H,1-2,7,10-11H2,(H,21,22)(H2,23,25,28)/t14-/m1/s1. The fourth-order valence-corrected chi connectivity index (χ4v) is 3.66. The van der Waals surface area contributed by atoms with E-state index in [1.165, 1.54) is 0 Å². The van der Waals surface area contributed by atoms with Gasteiger partial charge in [-0.1, -0.05) is 11.6 Å². The lowest BCUT2D eigenvalue weighted by atomic mass is 10.1. The van der Waals surface area contributed by atoms with Crippen LogP contribution in [0.2, 0.25) is 5.02 Å². The van der Waals surface area contributed by atoms with Crippen molar-refractivity contribution in [3.63, 3.8) is 0 Å². The number of aromatic amines is 2. The third kappa shape index (κ3) is 4.12. The van der Waals surface area contributed by atoms with Gasteiger partial charge in [-0.25, -0.2) is 9.78 Å². The van der Waals surface area contributed by atoms with E-state index in [0.717, 1.165) is 29.4 Å². The Balaban J connectivity index is 1.29. The van der Waals surface area contributed by atoms with Gasteiger partial charge < -0.3 is 25.5 Å². The third-order valence-corrected chi connectivity index (χ3v) is 5.06. The number of imidazole rings is 1. The fourth-order valence-electron chi connectivity index (χ4n) is 3.48. The molecule has 0 aliphatic carbocycles. The van der Waals surface area contributed by atoms with Crippen LogP contribution in [-0.2, 0) is 6.54 Å². The van der Waals surface area contributed by atoms with E-state index in [9.17, 15) is 9.59 Å². The lowest BCUT2D eigenvalue weighted by Gasteiger charge is -2.32. The summed E-state index contributed by atoms with van der Waals surface area (Å²) < 4.78 is 0. The van der Waals surface area contributed by atoms with Crippen LogP contribution < -0.4 is 10.6 Å². The normalized spacial score (nSPS) is 16.9. The highest BCUT2D eigenvalue weighted by molar-refractivity contribution is 6.31. The molecule has 1 aliphatic heterocycles. The number of carbonyl (C=O) groups is 2. The van der Waals surface area contributed by atoms with Crippen molar-refractivity contribution in [2.24, 2.45) is 0 Å². The molecule has 1 saturated heterocycles. The molecule has 0 bridgehead atoms. The summed E-state index contributed by atoms with van der Waals surface area (Å²) in [5, 5.41) is 7.49. The number of likely N-dealkylation sites (tertiary alicyclic amines) is 1. The summed E-state index contributed by atoms with van der Waals surface area (Å²) in [7, 11) is 0. The van der Waals surface area contributed by atoms with Gasteiger partial charge in [0.25, 0.3) is 5.91 Å². The molecule has 1 aliphatic rings. The molecule has 0 spiro atoms. The molecule has 4 N–H and O–H groups in total. The van der Waals surface area contributed by atoms with Gasteiger partial charge in [-0.2, -0.15) is 0 Å². The molecule has 1 aromatic carbocycles. The maximum Gasteiger partial charge on any atom is 0.315 e. The van der Waals surface area contributed by atoms with Crippen molar-refractivity contribution in [3.8, 4) is 0 Å². The van der Waals surface area contributed by atoms with Crippen molar-refractivity contribution in [2.45, 2.75) is 25.4 Å². The van der Waals surface area contributed by atoms with Crippen molar-refractivity contribution in [1.29, 1.82) is 0 Å². The molecule has 2 aromatic heterocycles. The van der Waals surface area contributed by atoms with Crippen molar-refractivity contribution in [1.82, 2.24) is 30.5 Å². The maximum absolute atomic E-state index is 12.4. The van der Waals surface area contributed by atoms with Crippen LogP contribution in [0.15, 0.2) is 36.7 Å². The van der Waals surface area contributed by atoms with E-state index in [1.54, 1.807) is 17.3 Å². The van der Waals surface area contributed by atoms with Crippen molar-refractivity contribution < 1.29 is 9.59 Å². The first-order valence-corrected chi connectivity index (χ1v) is 9.56. The predicted octanol–water partition coefficient (Wildman–Crippen LogP) is 2.65. The molecule has 28 heavy (non-hydrogen) atoms. The Morgan fingerprint density at radius 3 is 3.04 bits per heavy atom. The number of piperidine rings is 1. The average molecular weight is 401 g/mol. The van der Waals surface area contributed by atoms with Crippen molar-refractivity contribution >= 4 is 34.4 Å². The van der Waals surface area contributed by atoms with E-state index >= 15 is 0 Å². The van der Waals surface area contributed by atoms with Crippen molar-refractivity contribution in [2.75, 3.05) is 13.1 Å². The number of halogens is 1. The molecule has 1 fully saturated rings. The van der Waals surface area contributed by atoms with Gasteiger partial charge in [0.2, 0.25) is 0 Å². The van der Waals surface area contributed by atoms with E-state index in [0.29, 0.717) is 30.5 Å². The number of nitrogens with one attached hydrogen (secondary N) is 4. The second kappa shape index (κ2) is 7.93. The Hall–Kier alpha value is -3.00. The van der Waals surface area contributed by atoms with Gasteiger partial charge >= 0.3 is 6.03 Å². The fraction of sp³-hybridized carbons (Fsp3) is 0.316. The maximum atomic E-state index is 12.4. The monoisotopic (exact) mass is 400 g/mol. The Morgan fingerprint density at radius 1 is 1.32 bits per heavy atom. The number of rotatable bonds is 4. The number of nitrogens with zero attached hydrogens (tertiary/aromatic N) is 2. The SMILES string of the molecule is O=C(NCc1cc2cc(Cl)ccc2[nH]1)N[C@@H]1CCCN(C(=O)c2ncc[nH]2)C1. The number of amides is 3. The Morgan fingerprint density at radius 2 is 2.21 bits per heavy atom. The van der Waals surface area contributed by atoms with Crippen LogP contribution in [0, 0.1) is 0 Å². The minimum absolute atomic E-state index is 0.0887. The zero-order valence-corrected chi connectivity index (χ0v) is 15.9. The van der Waals surface area contributed by atoms with Gasteiger partial charge in [0.05, 0.1) is 6.54 Å². The zero-order valence-electron chi connectivity index (χ0n) is 15.2. The van der Waals surface area contributed by atoms with E-state index in [-0.39, 0.29) is 18.0 Å². The van der Waals surface area contributed by atoms with Crippen LogP contribution in [0.1, 0.15) is 29.2 Å². The van der Waals surface area contributed by atoms with Crippen LogP contribution in [-0.4, -0.2) is 50.9 Å². The molecule has 3 aromatic rings. The van der Waals surface area contributed by atoms with E-state index in [1.807, 2.05) is 24.3 Å². The second-order valence-corrected chi connectivity index (χ2v) is 7.32. The summed E-state index contributed by atoms with van der Waals surface area (Å²) in [6, 6.07) is 7.23. The van der Waals surface area contributed by atoms with Crippen LogP contribution in [0.4, 0.5) is 4.79 Å². The Bertz CT molecular complexity index is 984. The Kier molecular flexibility index (Phi) is 5.21. The quantitative estimate of drug-likeness (QED) is 0.541. The van der Waals surface area contributed by atoms with Gasteiger partial charge in [0.1, 0.15) is 0 Å². The highest BCUT2D eigenvalue weighted by Gasteiger charge is 2.26. The molecular formula is C19H21ClN6O2. The first-order valence-electron chi connectivity index (χ1n) is 9.18. The highest BCUT2D eigenvalue weighted by Crippen LogP contribution is 2.20. The van der Waals surface area contributed by atoms with E-state index in [2.05, 4.69) is 25.6 Å². The van der Waals surface area contributed by atoms with Gasteiger partial charge in [-0.05, 0) is 37.1 Å². The van der Waals surface area contributed by atoms with Gasteiger partial charge in [0.15, 0.2) is 5.82 Å². The molecule has 3 amide bonds. The Labute approximate surface area is 166 Å². The first-order chi connectivity index (χ1) is 13.6. The van der Waals surface area contributed by atoms with Gasteiger partial charge in [-0.15, -0.1) is 0 Å². The van der Waals surface area contributed by atoms with Crippen LogP contribution in [0.5, 0.6) is 0 Å². The van der Waals surface area contributed by atoms with Crippen LogP contribution >= 0.6 is 11.6 Å². The molecule has 1 atom stereocenters. The zero-order chi connectivity index (χ0) is 19.5. The molecule has 9 heteroatoms. The number of hydrogen-bond donors (Lipinski definition) is 4. The minimum Gasteiger partial charge on any atom is -0.357 e. The number of hydrogen-bond acceptors (Lipinski definition) is 3. The molecule has 4 rings (SSSR count). The smallest absolute Gasteiger partial charge is 0.315 e. The minimum atomic E-state index is -0.256. The average Bonchev–Trinajstić information content (AvgIpc) is 3.35. The van der Waals surface area contributed by atoms with Crippen LogP contribution in [0.25, 0.3) is 10.9 Å². The largest absolute Gasteiger partial charge is 0.357 e. The van der Waals surface area contributed by atoms with Gasteiger partial charge in [-0.3, -0.25) is 4.79 Å². The van der Waals surface area contributed by atoms with E-state index in [4.69, 9.17) is 11.6 Å². The number of urea groups is 1. The summed E-state index contributed by atoms with van der Waals surface area (Å²) in [6.45, 7) is 1.51. The summed E-state index contributed by atoms with van der Waals surface area (Å²) in [5.74, 6) is 0.178. The summed E-state index contributed by atoms with van der Waals surface area (Å²) in [6.07, 6.45) is 4.84. The lowest BCUT2D eigenvalue weighted by molar-refractivity contribution is 0.0686. The summed E-state index contributed by atoms with van der Waals surface area (Å²) in [5.41, 5.74) is 1.87. The number of benzene rings is 1. The highest BCUT2D eigenvalue weighted by atomic mass is 35.5. The molecule has 146 valence electrons. The summed E-state index contributed by atoms with van der Waals surface area (Å²) in [4.78, 5) is 36.5. The predicted molar refractivity (Wildman–Crippen MR) is 106 cm³/mol. The second-order valence-electron chi connectivity index (χ2n) is 6.88. The molecule has 0 unspecified atom stereocenters. The third-order valence-electron chi connectivity index (χ3n) is 4.82. The molecule has 8 nitrogen and oxygen atoms in total. The van der Waals surface area contributed by atoms with Gasteiger partial charge in [0, 0.05) is 53.1 Å². The molecule has 3 heterocycles. The molecule has 0 radical (unpaired) electrons. The van der Waals surface area contributed by atoms with Crippen LogP contribution in [0.3, 0.4) is 0 Å². The molecular weight excluding hydrogens is 380 g/mol. The molecule has 0 saturated carbocycles. The van der Waals surface area contributed by atoms with Crippen molar-refractivity contribution in [3.05, 3.63) is 53.2 Å². The lowest BCUT2D eigenvalue weighted by Crippen LogP contribution is -2.51. The summed E-state index contributed by atoms with van der Waals surface area (Å²) >= 11 is 6.00. The topological polar surface area (TPSA) is 106 Å².